The predicted molar refractivity (Wildman–Crippen MR) is 104 cm³/mol. The van der Waals surface area contributed by atoms with Gasteiger partial charge in [-0.25, -0.2) is 4.79 Å². The van der Waals surface area contributed by atoms with E-state index in [9.17, 15) is 9.59 Å². The van der Waals surface area contributed by atoms with Crippen molar-refractivity contribution in [1.29, 1.82) is 0 Å². The summed E-state index contributed by atoms with van der Waals surface area (Å²) in [5.41, 5.74) is 2.38. The van der Waals surface area contributed by atoms with E-state index in [4.69, 9.17) is 20.9 Å². The summed E-state index contributed by atoms with van der Waals surface area (Å²) in [5.74, 6) is 0.124. The number of benzene rings is 2. The quantitative estimate of drug-likeness (QED) is 0.628. The Morgan fingerprint density at radius 3 is 2.64 bits per heavy atom. The van der Waals surface area contributed by atoms with Crippen molar-refractivity contribution >= 4 is 29.2 Å². The average molecular weight is 400 g/mol. The van der Waals surface area contributed by atoms with Gasteiger partial charge in [0.25, 0.3) is 0 Å². The fourth-order valence-electron chi connectivity index (χ4n) is 2.61. The summed E-state index contributed by atoms with van der Waals surface area (Å²) in [6.07, 6.45) is 0.451. The number of rotatable bonds is 6. The van der Waals surface area contributed by atoms with Crippen LogP contribution in [-0.4, -0.2) is 29.1 Å². The van der Waals surface area contributed by atoms with E-state index < -0.39 is 5.97 Å². The van der Waals surface area contributed by atoms with Crippen molar-refractivity contribution in [2.24, 2.45) is 0 Å². The summed E-state index contributed by atoms with van der Waals surface area (Å²) in [4.78, 5) is 28.3. The Morgan fingerprint density at radius 1 is 1.18 bits per heavy atom. The number of hydrogen-bond donors (Lipinski definition) is 1. The molecule has 0 aliphatic heterocycles. The third-order valence-electron chi connectivity index (χ3n) is 4.15. The predicted octanol–water partition coefficient (Wildman–Crippen LogP) is 4.06. The van der Waals surface area contributed by atoms with E-state index in [2.05, 4.69) is 15.5 Å². The molecule has 3 aromatic rings. The van der Waals surface area contributed by atoms with Gasteiger partial charge in [0.2, 0.25) is 17.6 Å². The number of ether oxygens (including phenoxy) is 1. The van der Waals surface area contributed by atoms with E-state index in [-0.39, 0.29) is 12.3 Å². The summed E-state index contributed by atoms with van der Waals surface area (Å²) < 4.78 is 9.94. The van der Waals surface area contributed by atoms with Crippen LogP contribution in [0, 0.1) is 6.92 Å². The molecule has 0 aliphatic rings. The average Bonchev–Trinajstić information content (AvgIpc) is 3.17. The van der Waals surface area contributed by atoms with Crippen molar-refractivity contribution in [1.82, 2.24) is 10.1 Å². The molecule has 0 bridgehead atoms. The second-order valence-electron chi connectivity index (χ2n) is 6.04. The molecule has 144 valence electrons. The van der Waals surface area contributed by atoms with Crippen LogP contribution in [0.1, 0.15) is 28.2 Å². The summed E-state index contributed by atoms with van der Waals surface area (Å²) >= 11 is 5.87. The van der Waals surface area contributed by atoms with Crippen molar-refractivity contribution in [2.75, 3.05) is 12.4 Å². The molecule has 0 saturated carbocycles. The molecular formula is C20H18ClN3O4. The highest BCUT2D eigenvalue weighted by Crippen LogP contribution is 2.21. The van der Waals surface area contributed by atoms with Crippen LogP contribution in [0.2, 0.25) is 5.02 Å². The molecule has 2 aromatic carbocycles. The Kier molecular flexibility index (Phi) is 6.06. The molecule has 0 unspecified atom stereocenters. The van der Waals surface area contributed by atoms with Gasteiger partial charge in [0.05, 0.1) is 12.7 Å². The Morgan fingerprint density at radius 2 is 1.93 bits per heavy atom. The summed E-state index contributed by atoms with van der Waals surface area (Å²) in [6, 6.07) is 12.1. The lowest BCUT2D eigenvalue weighted by molar-refractivity contribution is -0.116. The SMILES string of the molecule is COC(=O)c1cccc(NC(=O)CCc2nc(-c3ccc(Cl)cc3)no2)c1C. The number of nitrogens with one attached hydrogen (secondary N) is 1. The van der Waals surface area contributed by atoms with Gasteiger partial charge in [0, 0.05) is 29.1 Å². The maximum Gasteiger partial charge on any atom is 0.338 e. The van der Waals surface area contributed by atoms with E-state index in [0.29, 0.717) is 40.0 Å². The van der Waals surface area contributed by atoms with Crippen LogP contribution in [0.5, 0.6) is 0 Å². The van der Waals surface area contributed by atoms with Crippen LogP contribution in [0.4, 0.5) is 5.69 Å². The standard InChI is InChI=1S/C20H18ClN3O4/c1-12-15(20(26)27-2)4-3-5-16(12)22-17(25)10-11-18-23-19(24-28-18)13-6-8-14(21)9-7-13/h3-9H,10-11H2,1-2H3,(H,22,25). The van der Waals surface area contributed by atoms with E-state index >= 15 is 0 Å². The first-order valence-corrected chi connectivity index (χ1v) is 8.92. The first-order valence-electron chi connectivity index (χ1n) is 8.54. The highest BCUT2D eigenvalue weighted by molar-refractivity contribution is 6.30. The first-order chi connectivity index (χ1) is 13.5. The molecule has 1 amide bonds. The minimum absolute atomic E-state index is 0.157. The van der Waals surface area contributed by atoms with Gasteiger partial charge >= 0.3 is 5.97 Å². The number of nitrogens with zero attached hydrogens (tertiary/aromatic N) is 2. The monoisotopic (exact) mass is 399 g/mol. The van der Waals surface area contributed by atoms with Gasteiger partial charge in [-0.3, -0.25) is 4.79 Å². The number of carbonyl (C=O) groups excluding carboxylic acids is 2. The van der Waals surface area contributed by atoms with E-state index in [1.54, 1.807) is 49.4 Å². The topological polar surface area (TPSA) is 94.3 Å². The van der Waals surface area contributed by atoms with Gasteiger partial charge in [-0.1, -0.05) is 22.8 Å². The number of hydrogen-bond acceptors (Lipinski definition) is 6. The fraction of sp³-hybridized carbons (Fsp3) is 0.200. The molecule has 1 N–H and O–H groups in total. The first kappa shape index (κ1) is 19.6. The summed E-state index contributed by atoms with van der Waals surface area (Å²) in [5, 5.41) is 7.33. The zero-order chi connectivity index (χ0) is 20.1. The van der Waals surface area contributed by atoms with Crippen LogP contribution in [0.15, 0.2) is 47.0 Å². The third kappa shape index (κ3) is 4.55. The Bertz CT molecular complexity index is 999. The lowest BCUT2D eigenvalue weighted by Gasteiger charge is -2.11. The highest BCUT2D eigenvalue weighted by Gasteiger charge is 2.15. The molecule has 0 saturated heterocycles. The summed E-state index contributed by atoms with van der Waals surface area (Å²) in [7, 11) is 1.32. The van der Waals surface area contributed by atoms with Crippen molar-refractivity contribution in [3.63, 3.8) is 0 Å². The maximum absolute atomic E-state index is 12.3. The zero-order valence-electron chi connectivity index (χ0n) is 15.4. The molecule has 0 fully saturated rings. The van der Waals surface area contributed by atoms with Gasteiger partial charge in [0.1, 0.15) is 0 Å². The van der Waals surface area contributed by atoms with E-state index in [1.807, 2.05) is 0 Å². The Hall–Kier alpha value is -3.19. The molecule has 28 heavy (non-hydrogen) atoms. The number of anilines is 1. The number of esters is 1. The van der Waals surface area contributed by atoms with Crippen molar-refractivity contribution in [3.05, 3.63) is 64.5 Å². The number of aromatic nitrogens is 2. The second-order valence-corrected chi connectivity index (χ2v) is 6.47. The van der Waals surface area contributed by atoms with Crippen LogP contribution >= 0.6 is 11.6 Å². The number of halogens is 1. The van der Waals surface area contributed by atoms with Crippen LogP contribution in [0.3, 0.4) is 0 Å². The lowest BCUT2D eigenvalue weighted by Crippen LogP contribution is -2.15. The lowest BCUT2D eigenvalue weighted by atomic mass is 10.1. The molecule has 0 atom stereocenters. The Balaban J connectivity index is 1.61. The van der Waals surface area contributed by atoms with E-state index in [1.165, 1.54) is 7.11 Å². The van der Waals surface area contributed by atoms with Crippen molar-refractivity contribution in [3.8, 4) is 11.4 Å². The van der Waals surface area contributed by atoms with Crippen LogP contribution in [-0.2, 0) is 16.0 Å². The van der Waals surface area contributed by atoms with Crippen LogP contribution < -0.4 is 5.32 Å². The smallest absolute Gasteiger partial charge is 0.338 e. The Labute approximate surface area is 166 Å². The fourth-order valence-corrected chi connectivity index (χ4v) is 2.73. The van der Waals surface area contributed by atoms with Gasteiger partial charge in [0.15, 0.2) is 0 Å². The molecule has 1 aromatic heterocycles. The zero-order valence-corrected chi connectivity index (χ0v) is 16.1. The molecule has 0 aliphatic carbocycles. The number of methoxy groups -OCH3 is 1. The van der Waals surface area contributed by atoms with Crippen LogP contribution in [0.25, 0.3) is 11.4 Å². The molecule has 0 spiro atoms. The molecule has 3 rings (SSSR count). The van der Waals surface area contributed by atoms with Gasteiger partial charge in [-0.05, 0) is 48.9 Å². The minimum Gasteiger partial charge on any atom is -0.465 e. The van der Waals surface area contributed by atoms with Gasteiger partial charge in [-0.15, -0.1) is 0 Å². The third-order valence-corrected chi connectivity index (χ3v) is 4.40. The second kappa shape index (κ2) is 8.67. The maximum atomic E-state index is 12.3. The molecule has 8 heteroatoms. The minimum atomic E-state index is -0.450. The molecule has 7 nitrogen and oxygen atoms in total. The highest BCUT2D eigenvalue weighted by atomic mass is 35.5. The number of carbonyl (C=O) groups is 2. The molecule has 1 heterocycles. The van der Waals surface area contributed by atoms with Gasteiger partial charge in [-0.2, -0.15) is 4.98 Å². The van der Waals surface area contributed by atoms with Crippen molar-refractivity contribution in [2.45, 2.75) is 19.8 Å². The van der Waals surface area contributed by atoms with Gasteiger partial charge < -0.3 is 14.6 Å². The molecular weight excluding hydrogens is 382 g/mol. The number of aryl methyl sites for hydroxylation is 1. The normalized spacial score (nSPS) is 10.5. The largest absolute Gasteiger partial charge is 0.465 e. The van der Waals surface area contributed by atoms with E-state index in [0.717, 1.165) is 5.56 Å². The number of amides is 1. The molecule has 0 radical (unpaired) electrons. The van der Waals surface area contributed by atoms with Crippen molar-refractivity contribution < 1.29 is 18.8 Å². The summed E-state index contributed by atoms with van der Waals surface area (Å²) in [6.45, 7) is 1.75.